The van der Waals surface area contributed by atoms with Crippen molar-refractivity contribution < 1.29 is 13.7 Å². The zero-order chi connectivity index (χ0) is 22.4. The molecule has 7 nitrogen and oxygen atoms in total. The molecule has 4 aromatic heterocycles. The number of hydrogen-bond acceptors (Lipinski definition) is 7. The zero-order valence-electron chi connectivity index (χ0n) is 18.4. The summed E-state index contributed by atoms with van der Waals surface area (Å²) in [5.74, 6) is 1.34. The van der Waals surface area contributed by atoms with Gasteiger partial charge in [0, 0.05) is 17.0 Å². The van der Waals surface area contributed by atoms with E-state index in [1.54, 1.807) is 28.4 Å². The van der Waals surface area contributed by atoms with Crippen LogP contribution in [0, 0.1) is 20.8 Å². The van der Waals surface area contributed by atoms with E-state index in [2.05, 4.69) is 16.7 Å². The van der Waals surface area contributed by atoms with Gasteiger partial charge in [-0.3, -0.25) is 9.69 Å². The van der Waals surface area contributed by atoms with Gasteiger partial charge >= 0.3 is 0 Å². The third-order valence-electron chi connectivity index (χ3n) is 5.79. The van der Waals surface area contributed by atoms with E-state index in [4.69, 9.17) is 13.9 Å². The summed E-state index contributed by atoms with van der Waals surface area (Å²) in [6.07, 6.45) is 6.03. The molecule has 164 valence electrons. The number of anilines is 1. The molecule has 1 aliphatic carbocycles. The van der Waals surface area contributed by atoms with Gasteiger partial charge in [0.15, 0.2) is 5.13 Å². The molecule has 0 radical (unpaired) electrons. The number of hydrogen-bond donors (Lipinski definition) is 0. The van der Waals surface area contributed by atoms with Crippen LogP contribution in [0.3, 0.4) is 0 Å². The van der Waals surface area contributed by atoms with Gasteiger partial charge in [0.05, 0.1) is 28.0 Å². The Morgan fingerprint density at radius 1 is 1.22 bits per heavy atom. The van der Waals surface area contributed by atoms with Crippen molar-refractivity contribution in [2.45, 2.75) is 46.5 Å². The molecule has 8 heteroatoms. The third kappa shape index (κ3) is 3.44. The Hall–Kier alpha value is -3.26. The summed E-state index contributed by atoms with van der Waals surface area (Å²) in [6, 6.07) is 3.72. The SMILES string of the molecule is C=CCN(C(=O)c1cc(-c2cc(C)oc2C)nc2onc(C)c12)c1nc2c(s1)CCCC2. The van der Waals surface area contributed by atoms with E-state index in [9.17, 15) is 4.79 Å². The summed E-state index contributed by atoms with van der Waals surface area (Å²) in [7, 11) is 0. The number of rotatable bonds is 5. The Balaban J connectivity index is 1.65. The molecule has 0 fully saturated rings. The lowest BCUT2D eigenvalue weighted by Crippen LogP contribution is -2.31. The van der Waals surface area contributed by atoms with Crippen LogP contribution in [0.1, 0.15) is 51.0 Å². The predicted molar refractivity (Wildman–Crippen MR) is 124 cm³/mol. The molecule has 4 heterocycles. The lowest BCUT2D eigenvalue weighted by atomic mass is 10.0. The minimum atomic E-state index is -0.172. The van der Waals surface area contributed by atoms with Crippen LogP contribution >= 0.6 is 11.3 Å². The van der Waals surface area contributed by atoms with Crippen molar-refractivity contribution in [3.8, 4) is 11.3 Å². The largest absolute Gasteiger partial charge is 0.466 e. The lowest BCUT2D eigenvalue weighted by molar-refractivity contribution is 0.0991. The molecule has 0 aromatic carbocycles. The van der Waals surface area contributed by atoms with Gasteiger partial charge < -0.3 is 8.94 Å². The van der Waals surface area contributed by atoms with Crippen LogP contribution in [0.25, 0.3) is 22.4 Å². The van der Waals surface area contributed by atoms with Crippen LogP contribution in [-0.4, -0.2) is 27.6 Å². The molecular formula is C24H24N4O3S. The first kappa shape index (κ1) is 20.6. The maximum Gasteiger partial charge on any atom is 0.261 e. The van der Waals surface area contributed by atoms with Gasteiger partial charge in [0.1, 0.15) is 11.5 Å². The quantitative estimate of drug-likeness (QED) is 0.371. The molecule has 0 aliphatic heterocycles. The highest BCUT2D eigenvalue weighted by Gasteiger charge is 2.28. The fourth-order valence-corrected chi connectivity index (χ4v) is 5.42. The molecule has 0 saturated heterocycles. The second kappa shape index (κ2) is 8.02. The van der Waals surface area contributed by atoms with Gasteiger partial charge in [-0.2, -0.15) is 0 Å². The number of fused-ring (bicyclic) bond motifs is 2. The topological polar surface area (TPSA) is 85.3 Å². The molecule has 32 heavy (non-hydrogen) atoms. The average molecular weight is 449 g/mol. The van der Waals surface area contributed by atoms with Crippen molar-refractivity contribution in [3.05, 3.63) is 58.1 Å². The lowest BCUT2D eigenvalue weighted by Gasteiger charge is -2.19. The zero-order valence-corrected chi connectivity index (χ0v) is 19.2. The minimum Gasteiger partial charge on any atom is -0.466 e. The van der Waals surface area contributed by atoms with Crippen LogP contribution in [-0.2, 0) is 12.8 Å². The second-order valence-electron chi connectivity index (χ2n) is 8.11. The van der Waals surface area contributed by atoms with Crippen LogP contribution in [0.15, 0.2) is 33.7 Å². The Morgan fingerprint density at radius 2 is 2.03 bits per heavy atom. The maximum absolute atomic E-state index is 13.9. The van der Waals surface area contributed by atoms with Crippen LogP contribution < -0.4 is 4.90 Å². The fraction of sp³-hybridized carbons (Fsp3) is 0.333. The number of aromatic nitrogens is 3. The van der Waals surface area contributed by atoms with E-state index in [1.165, 1.54) is 11.3 Å². The molecule has 0 bridgehead atoms. The highest BCUT2D eigenvalue weighted by molar-refractivity contribution is 7.16. The van der Waals surface area contributed by atoms with Crippen molar-refractivity contribution in [1.82, 2.24) is 15.1 Å². The number of furan rings is 1. The Morgan fingerprint density at radius 3 is 2.75 bits per heavy atom. The number of nitrogens with zero attached hydrogens (tertiary/aromatic N) is 4. The molecule has 1 aliphatic rings. The Labute approximate surface area is 189 Å². The van der Waals surface area contributed by atoms with Crippen molar-refractivity contribution in [3.63, 3.8) is 0 Å². The second-order valence-corrected chi connectivity index (χ2v) is 9.17. The van der Waals surface area contributed by atoms with E-state index < -0.39 is 0 Å². The summed E-state index contributed by atoms with van der Waals surface area (Å²) < 4.78 is 11.1. The number of carbonyl (C=O) groups is 1. The van der Waals surface area contributed by atoms with Gasteiger partial charge in [-0.15, -0.1) is 17.9 Å². The third-order valence-corrected chi connectivity index (χ3v) is 6.97. The standard InChI is InChI=1S/C24H24N4O3S/c1-5-10-28(24-26-18-8-6-7-9-20(18)32-24)23(29)17-12-19(16-11-13(2)30-15(16)4)25-22-21(17)14(3)27-31-22/h5,11-12H,1,6-10H2,2-4H3. The number of thiazole rings is 1. The van der Waals surface area contributed by atoms with Crippen molar-refractivity contribution >= 4 is 33.5 Å². The van der Waals surface area contributed by atoms with Gasteiger partial charge in [0.2, 0.25) is 0 Å². The normalized spacial score (nSPS) is 13.3. The molecule has 0 N–H and O–H groups in total. The summed E-state index contributed by atoms with van der Waals surface area (Å²) in [5.41, 5.74) is 4.00. The summed E-state index contributed by atoms with van der Waals surface area (Å²) in [4.78, 5) is 26.3. The van der Waals surface area contributed by atoms with Gasteiger partial charge in [-0.1, -0.05) is 11.2 Å². The number of carbonyl (C=O) groups excluding carboxylic acids is 1. The van der Waals surface area contributed by atoms with Crippen molar-refractivity contribution in [1.29, 1.82) is 0 Å². The van der Waals surface area contributed by atoms with Crippen LogP contribution in [0.2, 0.25) is 0 Å². The van der Waals surface area contributed by atoms with Crippen LogP contribution in [0.5, 0.6) is 0 Å². The van der Waals surface area contributed by atoms with Gasteiger partial charge in [0.25, 0.3) is 11.6 Å². The Kier molecular flexibility index (Phi) is 5.17. The predicted octanol–water partition coefficient (Wildman–Crippen LogP) is 5.58. The van der Waals surface area contributed by atoms with Crippen molar-refractivity contribution in [2.24, 2.45) is 0 Å². The molecule has 4 aromatic rings. The van der Waals surface area contributed by atoms with E-state index >= 15 is 0 Å². The van der Waals surface area contributed by atoms with E-state index in [0.29, 0.717) is 39.7 Å². The number of pyridine rings is 1. The minimum absolute atomic E-state index is 0.172. The molecule has 1 amide bonds. The average Bonchev–Trinajstić information content (AvgIpc) is 3.47. The van der Waals surface area contributed by atoms with E-state index in [0.717, 1.165) is 42.0 Å². The number of aryl methyl sites for hydroxylation is 5. The first-order valence-corrected chi connectivity index (χ1v) is 11.5. The first-order valence-electron chi connectivity index (χ1n) is 10.7. The van der Waals surface area contributed by atoms with Crippen molar-refractivity contribution in [2.75, 3.05) is 11.4 Å². The van der Waals surface area contributed by atoms with Crippen LogP contribution in [0.4, 0.5) is 5.13 Å². The van der Waals surface area contributed by atoms with Gasteiger partial charge in [-0.05, 0) is 58.6 Å². The summed E-state index contributed by atoms with van der Waals surface area (Å²) in [5, 5.41) is 5.39. The smallest absolute Gasteiger partial charge is 0.261 e. The monoisotopic (exact) mass is 448 g/mol. The molecular weight excluding hydrogens is 424 g/mol. The fourth-order valence-electron chi connectivity index (χ4n) is 4.26. The molecule has 0 saturated carbocycles. The molecule has 0 unspecified atom stereocenters. The van der Waals surface area contributed by atoms with E-state index in [-0.39, 0.29) is 5.91 Å². The molecule has 0 spiro atoms. The first-order chi connectivity index (χ1) is 15.5. The maximum atomic E-state index is 13.9. The molecule has 5 rings (SSSR count). The number of amides is 1. The summed E-state index contributed by atoms with van der Waals surface area (Å²) in [6.45, 7) is 9.80. The molecule has 0 atom stereocenters. The highest BCUT2D eigenvalue weighted by atomic mass is 32.1. The highest BCUT2D eigenvalue weighted by Crippen LogP contribution is 2.35. The van der Waals surface area contributed by atoms with Gasteiger partial charge in [-0.25, -0.2) is 9.97 Å². The Bertz CT molecular complexity index is 1320. The van der Waals surface area contributed by atoms with E-state index in [1.807, 2.05) is 26.8 Å². The summed E-state index contributed by atoms with van der Waals surface area (Å²) >= 11 is 1.60.